The minimum Gasteiger partial charge on any atom is -0.468 e. The first kappa shape index (κ1) is 31.8. The maximum atomic E-state index is 14.0. The molecule has 2 heterocycles. The lowest BCUT2D eigenvalue weighted by Crippen LogP contribution is -2.40. The molecule has 3 aromatic rings. The summed E-state index contributed by atoms with van der Waals surface area (Å²) < 4.78 is 11.3. The van der Waals surface area contributed by atoms with Crippen LogP contribution in [0.3, 0.4) is 0 Å². The van der Waals surface area contributed by atoms with Crippen molar-refractivity contribution in [2.24, 2.45) is 10.9 Å². The Morgan fingerprint density at radius 1 is 1.02 bits per heavy atom. The molecule has 0 bridgehead atoms. The largest absolute Gasteiger partial charge is 0.468 e. The van der Waals surface area contributed by atoms with Crippen molar-refractivity contribution in [1.29, 1.82) is 0 Å². The van der Waals surface area contributed by atoms with Gasteiger partial charge in [0.15, 0.2) is 0 Å². The number of allylic oxidation sites excluding steroid dienone is 1. The first-order chi connectivity index (χ1) is 21.6. The van der Waals surface area contributed by atoms with E-state index < -0.39 is 34.3 Å². The Balaban J connectivity index is 1.35. The number of nitro groups is 1. The predicted molar refractivity (Wildman–Crippen MR) is 172 cm³/mol. The van der Waals surface area contributed by atoms with Crippen LogP contribution in [0.4, 0.5) is 5.69 Å². The van der Waals surface area contributed by atoms with Crippen molar-refractivity contribution in [3.05, 3.63) is 123 Å². The number of hydrogen-bond acceptors (Lipinski definition) is 8. The number of aliphatic imine (C=N–C) groups is 1. The van der Waals surface area contributed by atoms with Crippen molar-refractivity contribution < 1.29 is 24.0 Å². The summed E-state index contributed by atoms with van der Waals surface area (Å²) in [5.41, 5.74) is 3.18. The fourth-order valence-electron chi connectivity index (χ4n) is 6.71. The van der Waals surface area contributed by atoms with Crippen LogP contribution in [0.2, 0.25) is 0 Å². The molecule has 9 nitrogen and oxygen atoms in total. The summed E-state index contributed by atoms with van der Waals surface area (Å²) in [4.78, 5) is 45.0. The number of methoxy groups -OCH3 is 1. The van der Waals surface area contributed by atoms with Gasteiger partial charge in [-0.1, -0.05) is 72.8 Å². The molecule has 0 amide bonds. The van der Waals surface area contributed by atoms with Gasteiger partial charge >= 0.3 is 11.9 Å². The molecule has 9 heteroatoms. The van der Waals surface area contributed by atoms with Gasteiger partial charge in [0.2, 0.25) is 0 Å². The van der Waals surface area contributed by atoms with Crippen molar-refractivity contribution in [2.45, 2.75) is 51.0 Å². The molecule has 1 fully saturated rings. The van der Waals surface area contributed by atoms with Crippen molar-refractivity contribution in [3.8, 4) is 0 Å². The first-order valence-electron chi connectivity index (χ1n) is 15.2. The molecule has 0 spiro atoms. The number of nitro benzene ring substituents is 1. The minimum atomic E-state index is -0.927. The molecule has 3 aromatic carbocycles. The van der Waals surface area contributed by atoms with Crippen LogP contribution in [0, 0.1) is 16.0 Å². The predicted octanol–water partition coefficient (Wildman–Crippen LogP) is 6.45. The summed E-state index contributed by atoms with van der Waals surface area (Å²) >= 11 is 0. The molecule has 1 saturated heterocycles. The standard InChI is InChI=1S/C36H39N3O6/c1-24-31(34(40)44-4)33(28-16-11-17-29(22-28)39(42)43)32(25(2)37-24)35(41)45-36(3)19-21-38(23-36)20-18-30(26-12-7-5-8-13-26)27-14-9-6-10-15-27/h5-17,22,30-31,33H,18-21,23H2,1-4H3/t31?,33-,36-/m0/s1. The van der Waals surface area contributed by atoms with E-state index in [-0.39, 0.29) is 17.2 Å². The number of carbonyl (C=O) groups excluding carboxylic acids is 2. The van der Waals surface area contributed by atoms with Gasteiger partial charge in [0.05, 0.1) is 17.6 Å². The lowest BCUT2D eigenvalue weighted by Gasteiger charge is -2.33. The van der Waals surface area contributed by atoms with E-state index in [0.29, 0.717) is 29.9 Å². The molecule has 3 atom stereocenters. The average molecular weight is 610 g/mol. The molecular formula is C36H39N3O6. The highest BCUT2D eigenvalue weighted by Gasteiger charge is 2.45. The van der Waals surface area contributed by atoms with Crippen LogP contribution in [0.5, 0.6) is 0 Å². The van der Waals surface area contributed by atoms with Crippen molar-refractivity contribution in [1.82, 2.24) is 4.90 Å². The van der Waals surface area contributed by atoms with E-state index in [9.17, 15) is 19.7 Å². The Kier molecular flexibility index (Phi) is 9.58. The molecule has 234 valence electrons. The fourth-order valence-corrected chi connectivity index (χ4v) is 6.71. The molecule has 2 aliphatic heterocycles. The number of carbonyl (C=O) groups is 2. The van der Waals surface area contributed by atoms with E-state index in [4.69, 9.17) is 9.47 Å². The van der Waals surface area contributed by atoms with E-state index in [2.05, 4.69) is 58.4 Å². The van der Waals surface area contributed by atoms with E-state index >= 15 is 0 Å². The topological polar surface area (TPSA) is 111 Å². The monoisotopic (exact) mass is 609 g/mol. The summed E-state index contributed by atoms with van der Waals surface area (Å²) in [5.74, 6) is -2.69. The lowest BCUT2D eigenvalue weighted by molar-refractivity contribution is -0.384. The molecule has 5 rings (SSSR count). The third kappa shape index (κ3) is 7.04. The van der Waals surface area contributed by atoms with Crippen molar-refractivity contribution >= 4 is 23.3 Å². The van der Waals surface area contributed by atoms with Gasteiger partial charge in [-0.2, -0.15) is 0 Å². The molecule has 0 aromatic heterocycles. The molecule has 1 unspecified atom stereocenters. The second kappa shape index (κ2) is 13.6. The SMILES string of the molecule is COC(=O)C1C(C)=NC(C)=C(C(=O)O[C@@]2(C)CCN(CCC(c3ccccc3)c3ccccc3)C2)[C@H]1c1cccc([N+](=O)[O-])c1. The minimum absolute atomic E-state index is 0.135. The van der Waals surface area contributed by atoms with Crippen molar-refractivity contribution in [2.75, 3.05) is 26.7 Å². The Hall–Kier alpha value is -4.63. The number of non-ortho nitro benzene ring substituents is 1. The Morgan fingerprint density at radius 2 is 1.67 bits per heavy atom. The maximum Gasteiger partial charge on any atom is 0.337 e. The zero-order valence-corrected chi connectivity index (χ0v) is 26.1. The van der Waals surface area contributed by atoms with Gasteiger partial charge in [-0.3, -0.25) is 24.8 Å². The average Bonchev–Trinajstić information content (AvgIpc) is 3.41. The number of esters is 2. The smallest absolute Gasteiger partial charge is 0.337 e. The van der Waals surface area contributed by atoms with Gasteiger partial charge in [-0.05, 0) is 50.4 Å². The lowest BCUT2D eigenvalue weighted by atomic mass is 9.75. The molecular weight excluding hydrogens is 570 g/mol. The summed E-state index contributed by atoms with van der Waals surface area (Å²) in [6.07, 6.45) is 1.56. The summed E-state index contributed by atoms with van der Waals surface area (Å²) in [6.45, 7) is 7.50. The summed E-state index contributed by atoms with van der Waals surface area (Å²) in [7, 11) is 1.28. The zero-order chi connectivity index (χ0) is 32.1. The summed E-state index contributed by atoms with van der Waals surface area (Å²) in [5, 5.41) is 11.6. The molecule has 0 aliphatic carbocycles. The number of benzene rings is 3. The number of hydrogen-bond donors (Lipinski definition) is 0. The normalized spacial score (nSPS) is 21.8. The first-order valence-corrected chi connectivity index (χ1v) is 15.2. The number of ether oxygens (including phenoxy) is 2. The molecule has 0 radical (unpaired) electrons. The van der Waals surface area contributed by atoms with E-state index in [0.717, 1.165) is 19.5 Å². The Bertz CT molecular complexity index is 1580. The number of rotatable bonds is 10. The second-order valence-electron chi connectivity index (χ2n) is 12.1. The van der Waals surface area contributed by atoms with Gasteiger partial charge in [0.1, 0.15) is 11.5 Å². The fraction of sp³-hybridized carbons (Fsp3) is 0.361. The van der Waals surface area contributed by atoms with E-state index in [1.54, 1.807) is 26.0 Å². The zero-order valence-electron chi connectivity index (χ0n) is 26.1. The summed E-state index contributed by atoms with van der Waals surface area (Å²) in [6, 6.07) is 27.0. The third-order valence-corrected chi connectivity index (χ3v) is 8.94. The Morgan fingerprint density at radius 3 is 2.27 bits per heavy atom. The van der Waals surface area contributed by atoms with Gasteiger partial charge in [0.25, 0.3) is 5.69 Å². The van der Waals surface area contributed by atoms with E-state index in [1.165, 1.54) is 30.4 Å². The highest BCUT2D eigenvalue weighted by Crippen LogP contribution is 2.42. The van der Waals surface area contributed by atoms with Crippen LogP contribution >= 0.6 is 0 Å². The van der Waals surface area contributed by atoms with Gasteiger partial charge in [-0.15, -0.1) is 0 Å². The highest BCUT2D eigenvalue weighted by molar-refractivity contribution is 6.07. The molecule has 45 heavy (non-hydrogen) atoms. The van der Waals surface area contributed by atoms with Crippen LogP contribution in [0.15, 0.2) is 101 Å². The van der Waals surface area contributed by atoms with Gasteiger partial charge in [-0.25, -0.2) is 4.79 Å². The van der Waals surface area contributed by atoms with Crippen LogP contribution < -0.4 is 0 Å². The van der Waals surface area contributed by atoms with Crippen LogP contribution in [0.25, 0.3) is 0 Å². The molecule has 0 N–H and O–H groups in total. The van der Waals surface area contributed by atoms with Gasteiger partial charge in [0, 0.05) is 54.9 Å². The van der Waals surface area contributed by atoms with Crippen molar-refractivity contribution in [3.63, 3.8) is 0 Å². The molecule has 0 saturated carbocycles. The quantitative estimate of drug-likeness (QED) is 0.148. The maximum absolute atomic E-state index is 14.0. The number of likely N-dealkylation sites (tertiary alicyclic amines) is 1. The van der Waals surface area contributed by atoms with Gasteiger partial charge < -0.3 is 9.47 Å². The van der Waals surface area contributed by atoms with Crippen LogP contribution in [-0.2, 0) is 19.1 Å². The van der Waals surface area contributed by atoms with Crippen LogP contribution in [0.1, 0.15) is 62.1 Å². The number of nitrogens with zero attached hydrogens (tertiary/aromatic N) is 3. The second-order valence-corrected chi connectivity index (χ2v) is 12.1. The Labute approximate surface area is 263 Å². The van der Waals surface area contributed by atoms with Crippen LogP contribution in [-0.4, -0.2) is 59.8 Å². The third-order valence-electron chi connectivity index (χ3n) is 8.94. The van der Waals surface area contributed by atoms with E-state index in [1.807, 2.05) is 19.1 Å². The molecule has 2 aliphatic rings. The highest BCUT2D eigenvalue weighted by atomic mass is 16.6.